The Labute approximate surface area is 151 Å². The summed E-state index contributed by atoms with van der Waals surface area (Å²) in [5.74, 6) is 0.756. The number of thioether (sulfide) groups is 1. The van der Waals surface area contributed by atoms with Crippen molar-refractivity contribution in [3.63, 3.8) is 0 Å². The molecule has 0 aromatic heterocycles. The number of rotatable bonds is 5. The largest absolute Gasteiger partial charge is 0.414 e. The molecule has 5 atom stereocenters. The lowest BCUT2D eigenvalue weighted by Gasteiger charge is -2.42. The van der Waals surface area contributed by atoms with Crippen molar-refractivity contribution in [3.05, 3.63) is 0 Å². The zero-order valence-electron chi connectivity index (χ0n) is 16.2. The minimum absolute atomic E-state index is 0.0523. The fraction of sp³-hybridized carbons (Fsp3) is 1.00. The van der Waals surface area contributed by atoms with Gasteiger partial charge in [0.05, 0.1) is 6.61 Å². The van der Waals surface area contributed by atoms with Crippen LogP contribution >= 0.6 is 11.8 Å². The van der Waals surface area contributed by atoms with E-state index in [0.717, 1.165) is 5.75 Å². The summed E-state index contributed by atoms with van der Waals surface area (Å²) in [6.45, 7) is 16.5. The van der Waals surface area contributed by atoms with Crippen LogP contribution in [0.4, 0.5) is 0 Å². The lowest BCUT2D eigenvalue weighted by atomic mass is 10.0. The molecule has 24 heavy (non-hydrogen) atoms. The average Bonchev–Trinajstić information content (AvgIpc) is 2.81. The minimum Gasteiger partial charge on any atom is -0.414 e. The van der Waals surface area contributed by atoms with Gasteiger partial charge in [0, 0.05) is 5.41 Å². The van der Waals surface area contributed by atoms with Gasteiger partial charge in [0.25, 0.3) is 0 Å². The molecule has 0 bridgehead atoms. The number of ether oxygens (including phenoxy) is 1. The first-order valence-electron chi connectivity index (χ1n) is 8.72. The van der Waals surface area contributed by atoms with Crippen molar-refractivity contribution in [3.8, 4) is 0 Å². The second-order valence-corrected chi connectivity index (χ2v) is 15.3. The summed E-state index contributed by atoms with van der Waals surface area (Å²) in [5, 5.41) is 32.8. The highest BCUT2D eigenvalue weighted by Gasteiger charge is 2.90. The molecule has 0 radical (unpaired) electrons. The van der Waals surface area contributed by atoms with E-state index in [1.807, 2.05) is 6.92 Å². The molecule has 2 aliphatic rings. The van der Waals surface area contributed by atoms with Crippen molar-refractivity contribution >= 4 is 20.1 Å². The van der Waals surface area contributed by atoms with E-state index in [4.69, 9.17) is 9.16 Å². The molecule has 1 saturated carbocycles. The van der Waals surface area contributed by atoms with Crippen molar-refractivity contribution < 1.29 is 24.5 Å². The standard InChI is InChI=1S/C17H34O5SSi/c1-9-23-13-12(18)17(20)15(5,6)16(17,19)11(22-13)10-21-24(7,8)14(2,3)4/h11-13,18-20H,9-10H2,1-8H3/t11-,12+,13+,16-,17+/m1/s1. The molecule has 0 amide bonds. The fourth-order valence-corrected chi connectivity index (χ4v) is 5.55. The molecule has 5 nitrogen and oxygen atoms in total. The van der Waals surface area contributed by atoms with Gasteiger partial charge in [0.2, 0.25) is 0 Å². The normalized spacial score (nSPS) is 41.9. The maximum atomic E-state index is 11.1. The Bertz CT molecular complexity index is 492. The van der Waals surface area contributed by atoms with Crippen LogP contribution in [-0.4, -0.2) is 64.8 Å². The third-order valence-electron chi connectivity index (χ3n) is 6.61. The summed E-state index contributed by atoms with van der Waals surface area (Å²) < 4.78 is 12.3. The van der Waals surface area contributed by atoms with Crippen LogP contribution in [0.3, 0.4) is 0 Å². The summed E-state index contributed by atoms with van der Waals surface area (Å²) >= 11 is 1.44. The Balaban J connectivity index is 2.23. The van der Waals surface area contributed by atoms with Crippen LogP contribution in [0.2, 0.25) is 18.1 Å². The number of aliphatic hydroxyl groups is 3. The van der Waals surface area contributed by atoms with Crippen LogP contribution in [0.5, 0.6) is 0 Å². The van der Waals surface area contributed by atoms with Gasteiger partial charge in [-0.25, -0.2) is 0 Å². The number of aliphatic hydroxyl groups excluding tert-OH is 1. The van der Waals surface area contributed by atoms with Gasteiger partial charge < -0.3 is 24.5 Å². The summed E-state index contributed by atoms with van der Waals surface area (Å²) in [6, 6.07) is 0. The van der Waals surface area contributed by atoms with E-state index in [-0.39, 0.29) is 11.6 Å². The first-order valence-corrected chi connectivity index (χ1v) is 12.7. The van der Waals surface area contributed by atoms with Crippen molar-refractivity contribution in [2.45, 2.75) is 88.5 Å². The second-order valence-electron chi connectivity index (χ2n) is 9.12. The zero-order chi connectivity index (χ0) is 18.8. The Hall–Kier alpha value is 0.367. The van der Waals surface area contributed by atoms with Crippen LogP contribution in [0.1, 0.15) is 41.5 Å². The van der Waals surface area contributed by atoms with Crippen molar-refractivity contribution in [2.75, 3.05) is 12.4 Å². The van der Waals surface area contributed by atoms with Gasteiger partial charge >= 0.3 is 0 Å². The molecule has 1 saturated heterocycles. The first-order chi connectivity index (χ1) is 10.7. The molecule has 142 valence electrons. The molecule has 1 aliphatic carbocycles. The molecular formula is C17H34O5SSi. The molecule has 0 unspecified atom stereocenters. The summed E-state index contributed by atoms with van der Waals surface area (Å²) in [4.78, 5) is 0. The predicted octanol–water partition coefficient (Wildman–Crippen LogP) is 2.35. The highest BCUT2D eigenvalue weighted by atomic mass is 32.2. The number of hydrogen-bond donors (Lipinski definition) is 3. The maximum absolute atomic E-state index is 11.1. The van der Waals surface area contributed by atoms with Gasteiger partial charge in [-0.05, 0) is 23.9 Å². The Morgan fingerprint density at radius 2 is 1.71 bits per heavy atom. The predicted molar refractivity (Wildman–Crippen MR) is 99.6 cm³/mol. The molecule has 7 heteroatoms. The van der Waals surface area contributed by atoms with E-state index in [1.54, 1.807) is 13.8 Å². The lowest BCUT2D eigenvalue weighted by molar-refractivity contribution is -0.204. The van der Waals surface area contributed by atoms with Gasteiger partial charge in [-0.15, -0.1) is 11.8 Å². The molecule has 2 rings (SSSR count). The SMILES string of the molecule is CCS[C@@H]1O[C@H](CO[Si](C)(C)C(C)(C)C)[C@@]2(O)C(C)(C)[C@@]2(O)[C@H]1O. The quantitative estimate of drug-likeness (QED) is 0.637. The van der Waals surface area contributed by atoms with Gasteiger partial charge in [-0.2, -0.15) is 0 Å². The number of fused-ring (bicyclic) bond motifs is 1. The van der Waals surface area contributed by atoms with Crippen LogP contribution in [-0.2, 0) is 9.16 Å². The van der Waals surface area contributed by atoms with E-state index < -0.39 is 42.6 Å². The lowest BCUT2D eigenvalue weighted by Crippen LogP contribution is -2.58. The van der Waals surface area contributed by atoms with E-state index >= 15 is 0 Å². The Kier molecular flexibility index (Phi) is 5.12. The third kappa shape index (κ3) is 2.54. The van der Waals surface area contributed by atoms with E-state index in [9.17, 15) is 15.3 Å². The van der Waals surface area contributed by atoms with Crippen LogP contribution in [0, 0.1) is 5.41 Å². The molecule has 0 spiro atoms. The van der Waals surface area contributed by atoms with Crippen molar-refractivity contribution in [2.24, 2.45) is 5.41 Å². The minimum atomic E-state index is -2.00. The van der Waals surface area contributed by atoms with Crippen molar-refractivity contribution in [1.29, 1.82) is 0 Å². The highest BCUT2D eigenvalue weighted by molar-refractivity contribution is 7.99. The van der Waals surface area contributed by atoms with Crippen molar-refractivity contribution in [1.82, 2.24) is 0 Å². The first kappa shape index (κ1) is 20.7. The molecule has 0 aromatic rings. The molecule has 2 fully saturated rings. The highest BCUT2D eigenvalue weighted by Crippen LogP contribution is 2.71. The Morgan fingerprint density at radius 3 is 2.17 bits per heavy atom. The average molecular weight is 379 g/mol. The van der Waals surface area contributed by atoms with Gasteiger partial charge in [0.15, 0.2) is 8.32 Å². The summed E-state index contributed by atoms with van der Waals surface area (Å²) in [5.41, 5.74) is -4.46. The number of hydrogen-bond acceptors (Lipinski definition) is 6. The molecule has 1 aliphatic heterocycles. The zero-order valence-corrected chi connectivity index (χ0v) is 18.0. The van der Waals surface area contributed by atoms with Crippen LogP contribution in [0.25, 0.3) is 0 Å². The third-order valence-corrected chi connectivity index (χ3v) is 12.1. The van der Waals surface area contributed by atoms with Crippen LogP contribution < -0.4 is 0 Å². The van der Waals surface area contributed by atoms with E-state index in [2.05, 4.69) is 33.9 Å². The fourth-order valence-electron chi connectivity index (χ4n) is 3.63. The smallest absolute Gasteiger partial charge is 0.192 e. The molecule has 1 heterocycles. The monoisotopic (exact) mass is 378 g/mol. The van der Waals surface area contributed by atoms with Gasteiger partial charge in [0.1, 0.15) is 28.8 Å². The summed E-state index contributed by atoms with van der Waals surface area (Å²) in [6.07, 6.45) is -1.77. The maximum Gasteiger partial charge on any atom is 0.192 e. The topological polar surface area (TPSA) is 79.2 Å². The molecule has 0 aromatic carbocycles. The van der Waals surface area contributed by atoms with E-state index in [0.29, 0.717) is 0 Å². The molecule has 3 N–H and O–H groups in total. The van der Waals surface area contributed by atoms with Crippen LogP contribution in [0.15, 0.2) is 0 Å². The van der Waals surface area contributed by atoms with Gasteiger partial charge in [-0.3, -0.25) is 0 Å². The van der Waals surface area contributed by atoms with Gasteiger partial charge in [-0.1, -0.05) is 41.5 Å². The summed E-state index contributed by atoms with van der Waals surface area (Å²) in [7, 11) is -2.00. The van der Waals surface area contributed by atoms with E-state index in [1.165, 1.54) is 11.8 Å². The second kappa shape index (κ2) is 5.94. The Morgan fingerprint density at radius 1 is 1.17 bits per heavy atom. The molecular weight excluding hydrogens is 344 g/mol.